The Morgan fingerprint density at radius 3 is 2.53 bits per heavy atom. The first-order chi connectivity index (χ1) is 6.91. The molecule has 0 unspecified atom stereocenters. The van der Waals surface area contributed by atoms with E-state index in [9.17, 15) is 5.11 Å². The van der Waals surface area contributed by atoms with Gasteiger partial charge in [-0.1, -0.05) is 12.1 Å². The smallest absolute Gasteiger partial charge is 0.0847 e. The molecule has 1 aromatic carbocycles. The van der Waals surface area contributed by atoms with Gasteiger partial charge in [-0.2, -0.15) is 0 Å². The standard InChI is InChI=1S/C13H17NO/c1-9-8-14(4)11-7-5-6-10(12(9)11)13(2,3)15/h5-8,15H,1-4H3. The van der Waals surface area contributed by atoms with Crippen LogP contribution in [0.25, 0.3) is 10.9 Å². The zero-order chi connectivity index (χ0) is 11.2. The summed E-state index contributed by atoms with van der Waals surface area (Å²) in [6.45, 7) is 5.74. The van der Waals surface area contributed by atoms with Crippen molar-refractivity contribution in [3.05, 3.63) is 35.5 Å². The molecule has 0 radical (unpaired) electrons. The first kappa shape index (κ1) is 10.2. The van der Waals surface area contributed by atoms with E-state index in [4.69, 9.17) is 0 Å². The maximum atomic E-state index is 10.1. The zero-order valence-electron chi connectivity index (χ0n) is 9.70. The number of rotatable bonds is 1. The second kappa shape index (κ2) is 3.11. The van der Waals surface area contributed by atoms with Crippen molar-refractivity contribution < 1.29 is 5.11 Å². The van der Waals surface area contributed by atoms with E-state index in [1.807, 2.05) is 33.0 Å². The third-order valence-corrected chi connectivity index (χ3v) is 2.86. The fourth-order valence-electron chi connectivity index (χ4n) is 2.18. The van der Waals surface area contributed by atoms with Crippen LogP contribution in [0.15, 0.2) is 24.4 Å². The number of aliphatic hydroxyl groups is 1. The fraction of sp³-hybridized carbons (Fsp3) is 0.385. The van der Waals surface area contributed by atoms with Crippen molar-refractivity contribution in [3.63, 3.8) is 0 Å². The molecule has 0 amide bonds. The Labute approximate surface area is 90.2 Å². The summed E-state index contributed by atoms with van der Waals surface area (Å²) in [4.78, 5) is 0. The molecule has 0 aliphatic heterocycles. The molecule has 1 aromatic heterocycles. The van der Waals surface area contributed by atoms with Crippen LogP contribution < -0.4 is 0 Å². The molecule has 2 rings (SSSR count). The molecule has 0 bridgehead atoms. The minimum atomic E-state index is -0.786. The zero-order valence-corrected chi connectivity index (χ0v) is 9.70. The molecular formula is C13H17NO. The van der Waals surface area contributed by atoms with Gasteiger partial charge in [0.2, 0.25) is 0 Å². The maximum Gasteiger partial charge on any atom is 0.0847 e. The predicted molar refractivity (Wildman–Crippen MR) is 62.9 cm³/mol. The minimum Gasteiger partial charge on any atom is -0.386 e. The van der Waals surface area contributed by atoms with Gasteiger partial charge in [-0.15, -0.1) is 0 Å². The van der Waals surface area contributed by atoms with Gasteiger partial charge in [0.1, 0.15) is 0 Å². The lowest BCUT2D eigenvalue weighted by molar-refractivity contribution is 0.0802. The summed E-state index contributed by atoms with van der Waals surface area (Å²) < 4.78 is 2.10. The van der Waals surface area contributed by atoms with E-state index in [1.165, 1.54) is 16.5 Å². The van der Waals surface area contributed by atoms with Crippen LogP contribution in [0.3, 0.4) is 0 Å². The Kier molecular flexibility index (Phi) is 2.12. The van der Waals surface area contributed by atoms with Crippen molar-refractivity contribution in [2.75, 3.05) is 0 Å². The Hall–Kier alpha value is -1.28. The summed E-state index contributed by atoms with van der Waals surface area (Å²) in [6, 6.07) is 6.07. The highest BCUT2D eigenvalue weighted by Crippen LogP contribution is 2.31. The summed E-state index contributed by atoms with van der Waals surface area (Å²) in [6.07, 6.45) is 2.10. The molecule has 0 fully saturated rings. The number of fused-ring (bicyclic) bond motifs is 1. The third-order valence-electron chi connectivity index (χ3n) is 2.86. The van der Waals surface area contributed by atoms with Gasteiger partial charge < -0.3 is 9.67 Å². The molecule has 0 spiro atoms. The summed E-state index contributed by atoms with van der Waals surface area (Å²) in [5, 5.41) is 11.3. The van der Waals surface area contributed by atoms with Crippen LogP contribution >= 0.6 is 0 Å². The molecule has 1 heterocycles. The second-order valence-corrected chi connectivity index (χ2v) is 4.68. The van der Waals surface area contributed by atoms with Crippen molar-refractivity contribution in [3.8, 4) is 0 Å². The van der Waals surface area contributed by atoms with Gasteiger partial charge in [0.25, 0.3) is 0 Å². The lowest BCUT2D eigenvalue weighted by atomic mass is 9.93. The number of aryl methyl sites for hydroxylation is 2. The molecule has 2 nitrogen and oxygen atoms in total. The highest BCUT2D eigenvalue weighted by Gasteiger charge is 2.20. The summed E-state index contributed by atoms with van der Waals surface area (Å²) in [5.74, 6) is 0. The predicted octanol–water partition coefficient (Wildman–Crippen LogP) is 2.71. The van der Waals surface area contributed by atoms with Crippen LogP contribution in [0.2, 0.25) is 0 Å². The van der Waals surface area contributed by atoms with Crippen LogP contribution in [0.4, 0.5) is 0 Å². The average Bonchev–Trinajstić information content (AvgIpc) is 2.41. The van der Waals surface area contributed by atoms with Crippen molar-refractivity contribution in [2.45, 2.75) is 26.4 Å². The first-order valence-corrected chi connectivity index (χ1v) is 5.19. The van der Waals surface area contributed by atoms with Crippen LogP contribution in [-0.4, -0.2) is 9.67 Å². The fourth-order valence-corrected chi connectivity index (χ4v) is 2.18. The molecular weight excluding hydrogens is 186 g/mol. The normalized spacial score (nSPS) is 12.3. The summed E-state index contributed by atoms with van der Waals surface area (Å²) in [7, 11) is 2.03. The van der Waals surface area contributed by atoms with Crippen LogP contribution in [-0.2, 0) is 12.6 Å². The summed E-state index contributed by atoms with van der Waals surface area (Å²) in [5.41, 5.74) is 2.60. The Bertz CT molecular complexity index is 503. The quantitative estimate of drug-likeness (QED) is 0.757. The van der Waals surface area contributed by atoms with E-state index in [-0.39, 0.29) is 0 Å². The third kappa shape index (κ3) is 1.55. The van der Waals surface area contributed by atoms with Crippen molar-refractivity contribution in [1.29, 1.82) is 0 Å². The summed E-state index contributed by atoms with van der Waals surface area (Å²) >= 11 is 0. The topological polar surface area (TPSA) is 25.2 Å². The van der Waals surface area contributed by atoms with Crippen LogP contribution in [0.1, 0.15) is 25.0 Å². The van der Waals surface area contributed by atoms with Gasteiger partial charge in [-0.05, 0) is 38.0 Å². The van der Waals surface area contributed by atoms with Gasteiger partial charge >= 0.3 is 0 Å². The molecule has 2 heteroatoms. The van der Waals surface area contributed by atoms with Gasteiger partial charge in [0.05, 0.1) is 5.60 Å². The molecule has 0 aliphatic rings. The molecule has 0 saturated carbocycles. The van der Waals surface area contributed by atoms with E-state index in [1.54, 1.807) is 0 Å². The second-order valence-electron chi connectivity index (χ2n) is 4.68. The minimum absolute atomic E-state index is 0.786. The maximum absolute atomic E-state index is 10.1. The molecule has 2 aromatic rings. The van der Waals surface area contributed by atoms with Gasteiger partial charge in [-0.25, -0.2) is 0 Å². The van der Waals surface area contributed by atoms with Crippen LogP contribution in [0.5, 0.6) is 0 Å². The van der Waals surface area contributed by atoms with E-state index < -0.39 is 5.60 Å². The Morgan fingerprint density at radius 1 is 1.27 bits per heavy atom. The van der Waals surface area contributed by atoms with Crippen molar-refractivity contribution >= 4 is 10.9 Å². The molecule has 0 saturated heterocycles. The van der Waals surface area contributed by atoms with E-state index in [2.05, 4.69) is 23.8 Å². The van der Waals surface area contributed by atoms with Crippen LogP contribution in [0, 0.1) is 6.92 Å². The number of aromatic nitrogens is 1. The van der Waals surface area contributed by atoms with Crippen molar-refractivity contribution in [1.82, 2.24) is 4.57 Å². The molecule has 80 valence electrons. The van der Waals surface area contributed by atoms with Gasteiger partial charge in [0, 0.05) is 24.1 Å². The van der Waals surface area contributed by atoms with E-state index in [0.29, 0.717) is 0 Å². The lowest BCUT2D eigenvalue weighted by Crippen LogP contribution is -2.15. The molecule has 0 aliphatic carbocycles. The number of hydrogen-bond acceptors (Lipinski definition) is 1. The first-order valence-electron chi connectivity index (χ1n) is 5.19. The van der Waals surface area contributed by atoms with E-state index in [0.717, 1.165) is 5.56 Å². The highest BCUT2D eigenvalue weighted by molar-refractivity contribution is 5.87. The molecule has 1 N–H and O–H groups in total. The largest absolute Gasteiger partial charge is 0.386 e. The van der Waals surface area contributed by atoms with Gasteiger partial charge in [-0.3, -0.25) is 0 Å². The Balaban J connectivity index is 2.87. The SMILES string of the molecule is Cc1cn(C)c2cccc(C(C)(C)O)c12. The monoisotopic (exact) mass is 203 g/mol. The number of hydrogen-bond donors (Lipinski definition) is 1. The van der Waals surface area contributed by atoms with E-state index >= 15 is 0 Å². The average molecular weight is 203 g/mol. The van der Waals surface area contributed by atoms with Crippen molar-refractivity contribution in [2.24, 2.45) is 7.05 Å². The number of benzene rings is 1. The lowest BCUT2D eigenvalue weighted by Gasteiger charge is -2.19. The Morgan fingerprint density at radius 2 is 1.93 bits per heavy atom. The molecule has 15 heavy (non-hydrogen) atoms. The molecule has 0 atom stereocenters. The van der Waals surface area contributed by atoms with Gasteiger partial charge in [0.15, 0.2) is 0 Å². The number of nitrogens with zero attached hydrogens (tertiary/aromatic N) is 1. The highest BCUT2D eigenvalue weighted by atomic mass is 16.3.